The van der Waals surface area contributed by atoms with Crippen molar-refractivity contribution in [1.82, 2.24) is 16.0 Å². The van der Waals surface area contributed by atoms with Gasteiger partial charge in [-0.3, -0.25) is 9.79 Å². The van der Waals surface area contributed by atoms with Gasteiger partial charge >= 0.3 is 0 Å². The number of benzene rings is 1. The van der Waals surface area contributed by atoms with Crippen molar-refractivity contribution in [3.63, 3.8) is 0 Å². The second kappa shape index (κ2) is 11.4. The number of hydrogen-bond donors (Lipinski definition) is 3. The van der Waals surface area contributed by atoms with E-state index in [0.29, 0.717) is 36.2 Å². The summed E-state index contributed by atoms with van der Waals surface area (Å²) in [5.41, 5.74) is 0.475. The molecule has 1 aromatic rings. The highest BCUT2D eigenvalue weighted by Gasteiger charge is 2.08. The third-order valence-corrected chi connectivity index (χ3v) is 2.79. The maximum Gasteiger partial charge on any atom is 0.252 e. The summed E-state index contributed by atoms with van der Waals surface area (Å²) in [6.07, 6.45) is 1.74. The molecule has 1 aromatic carbocycles. The molecule has 0 fully saturated rings. The fourth-order valence-electron chi connectivity index (χ4n) is 1.49. The van der Waals surface area contributed by atoms with Crippen molar-refractivity contribution in [1.29, 1.82) is 0 Å². The predicted molar refractivity (Wildman–Crippen MR) is 98.8 cm³/mol. The lowest BCUT2D eigenvalue weighted by atomic mass is 10.2. The van der Waals surface area contributed by atoms with Crippen LogP contribution in [0.5, 0.6) is 0 Å². The Hall–Kier alpha value is -1.28. The van der Waals surface area contributed by atoms with Crippen molar-refractivity contribution >= 4 is 47.4 Å². The van der Waals surface area contributed by atoms with Gasteiger partial charge in [-0.25, -0.2) is 0 Å². The van der Waals surface area contributed by atoms with Crippen LogP contribution in [0, 0.1) is 0 Å². The molecule has 3 N–H and O–H groups in total. The summed E-state index contributed by atoms with van der Waals surface area (Å²) in [4.78, 5) is 15.9. The molecule has 7 heteroatoms. The first-order valence-electron chi connectivity index (χ1n) is 6.27. The summed E-state index contributed by atoms with van der Waals surface area (Å²) in [7, 11) is 1.68. The van der Waals surface area contributed by atoms with E-state index < -0.39 is 0 Å². The van der Waals surface area contributed by atoms with Gasteiger partial charge in [0, 0.05) is 26.7 Å². The molecule has 0 saturated heterocycles. The van der Waals surface area contributed by atoms with Gasteiger partial charge in [-0.15, -0.1) is 30.6 Å². The summed E-state index contributed by atoms with van der Waals surface area (Å²) < 4.78 is 0. The lowest BCUT2D eigenvalue weighted by Crippen LogP contribution is -2.41. The summed E-state index contributed by atoms with van der Waals surface area (Å²) >= 11 is 5.95. The average Bonchev–Trinajstić information content (AvgIpc) is 2.46. The van der Waals surface area contributed by atoms with Gasteiger partial charge in [-0.2, -0.15) is 0 Å². The largest absolute Gasteiger partial charge is 0.355 e. The number of amides is 1. The van der Waals surface area contributed by atoms with Gasteiger partial charge < -0.3 is 16.0 Å². The molecule has 0 aliphatic rings. The molecule has 0 aromatic heterocycles. The van der Waals surface area contributed by atoms with Crippen LogP contribution in [0.2, 0.25) is 5.02 Å². The predicted octanol–water partition coefficient (Wildman–Crippen LogP) is 2.04. The Morgan fingerprint density at radius 1 is 1.29 bits per heavy atom. The van der Waals surface area contributed by atoms with Crippen LogP contribution in [0.3, 0.4) is 0 Å². The Morgan fingerprint density at radius 3 is 2.57 bits per heavy atom. The van der Waals surface area contributed by atoms with E-state index in [2.05, 4.69) is 27.5 Å². The first kappa shape index (κ1) is 19.7. The number of nitrogens with one attached hydrogen (secondary N) is 3. The highest BCUT2D eigenvalue weighted by atomic mass is 127. The quantitative estimate of drug-likeness (QED) is 0.216. The Labute approximate surface area is 147 Å². The van der Waals surface area contributed by atoms with E-state index in [0.717, 1.165) is 0 Å². The van der Waals surface area contributed by atoms with Gasteiger partial charge in [0.1, 0.15) is 0 Å². The average molecular weight is 423 g/mol. The third-order valence-electron chi connectivity index (χ3n) is 2.46. The molecular weight excluding hydrogens is 403 g/mol. The van der Waals surface area contributed by atoms with E-state index in [1.54, 1.807) is 37.4 Å². The molecule has 0 aliphatic heterocycles. The Balaban J connectivity index is 0.00000400. The molecule has 0 aliphatic carbocycles. The van der Waals surface area contributed by atoms with E-state index in [9.17, 15) is 4.79 Å². The molecule has 0 heterocycles. The Kier molecular flexibility index (Phi) is 10.7. The lowest BCUT2D eigenvalue weighted by molar-refractivity contribution is 0.0954. The van der Waals surface area contributed by atoms with Gasteiger partial charge in [0.15, 0.2) is 5.96 Å². The molecule has 0 atom stereocenters. The second-order valence-corrected chi connectivity index (χ2v) is 4.31. The van der Waals surface area contributed by atoms with Gasteiger partial charge in [0.05, 0.1) is 10.6 Å². The summed E-state index contributed by atoms with van der Waals surface area (Å²) in [6, 6.07) is 6.95. The van der Waals surface area contributed by atoms with E-state index in [1.807, 2.05) is 0 Å². The zero-order valence-electron chi connectivity index (χ0n) is 11.9. The van der Waals surface area contributed by atoms with Crippen molar-refractivity contribution in [3.05, 3.63) is 47.5 Å². The molecule has 0 spiro atoms. The van der Waals surface area contributed by atoms with Crippen molar-refractivity contribution < 1.29 is 4.79 Å². The van der Waals surface area contributed by atoms with E-state index in [1.165, 1.54) is 0 Å². The topological polar surface area (TPSA) is 65.5 Å². The molecule has 116 valence electrons. The third kappa shape index (κ3) is 7.33. The number of carbonyl (C=O) groups excluding carboxylic acids is 1. The van der Waals surface area contributed by atoms with E-state index in [4.69, 9.17) is 11.6 Å². The molecule has 0 bridgehead atoms. The van der Waals surface area contributed by atoms with Crippen LogP contribution < -0.4 is 16.0 Å². The number of guanidine groups is 1. The van der Waals surface area contributed by atoms with Crippen LogP contribution >= 0.6 is 35.6 Å². The number of nitrogens with zero attached hydrogens (tertiary/aromatic N) is 1. The minimum Gasteiger partial charge on any atom is -0.355 e. The molecule has 0 unspecified atom stereocenters. The van der Waals surface area contributed by atoms with Crippen molar-refractivity contribution in [2.24, 2.45) is 4.99 Å². The highest BCUT2D eigenvalue weighted by Crippen LogP contribution is 2.14. The van der Waals surface area contributed by atoms with Crippen molar-refractivity contribution in [2.75, 3.05) is 26.7 Å². The van der Waals surface area contributed by atoms with Crippen LogP contribution in [-0.2, 0) is 0 Å². The first-order chi connectivity index (χ1) is 9.69. The van der Waals surface area contributed by atoms with Gasteiger partial charge in [-0.05, 0) is 12.1 Å². The Bertz CT molecular complexity index is 494. The van der Waals surface area contributed by atoms with Crippen LogP contribution in [0.4, 0.5) is 0 Å². The first-order valence-corrected chi connectivity index (χ1v) is 6.65. The number of aliphatic imine (C=N–C) groups is 1. The zero-order chi connectivity index (χ0) is 14.8. The zero-order valence-corrected chi connectivity index (χ0v) is 14.9. The van der Waals surface area contributed by atoms with Crippen LogP contribution in [0.25, 0.3) is 0 Å². The number of halogens is 2. The second-order valence-electron chi connectivity index (χ2n) is 3.90. The molecular formula is C14H20ClIN4O. The number of hydrogen-bond acceptors (Lipinski definition) is 2. The van der Waals surface area contributed by atoms with Crippen LogP contribution in [0.15, 0.2) is 41.9 Å². The summed E-state index contributed by atoms with van der Waals surface area (Å²) in [6.45, 7) is 5.28. The highest BCUT2D eigenvalue weighted by molar-refractivity contribution is 14.0. The lowest BCUT2D eigenvalue weighted by Gasteiger charge is -2.11. The van der Waals surface area contributed by atoms with Crippen LogP contribution in [-0.4, -0.2) is 38.5 Å². The SMILES string of the molecule is C=CCNC(=NC)NCCNC(=O)c1ccccc1Cl.I. The normalized spacial score (nSPS) is 10.3. The van der Waals surface area contributed by atoms with Crippen molar-refractivity contribution in [2.45, 2.75) is 0 Å². The van der Waals surface area contributed by atoms with E-state index in [-0.39, 0.29) is 29.9 Å². The van der Waals surface area contributed by atoms with Crippen LogP contribution in [0.1, 0.15) is 10.4 Å². The Morgan fingerprint density at radius 2 is 1.95 bits per heavy atom. The smallest absolute Gasteiger partial charge is 0.252 e. The molecule has 1 rings (SSSR count). The number of rotatable bonds is 6. The van der Waals surface area contributed by atoms with Gasteiger partial charge in [0.2, 0.25) is 0 Å². The summed E-state index contributed by atoms with van der Waals surface area (Å²) in [5.74, 6) is 0.475. The molecule has 0 radical (unpaired) electrons. The van der Waals surface area contributed by atoms with Gasteiger partial charge in [0.25, 0.3) is 5.91 Å². The van der Waals surface area contributed by atoms with Gasteiger partial charge in [-0.1, -0.05) is 29.8 Å². The standard InChI is InChI=1S/C14H19ClN4O.HI/c1-3-8-18-14(16-2)19-10-9-17-13(20)11-6-4-5-7-12(11)15;/h3-7H,1,8-10H2,2H3,(H,17,20)(H2,16,18,19);1H. The maximum atomic E-state index is 11.9. The fraction of sp³-hybridized carbons (Fsp3) is 0.286. The minimum absolute atomic E-state index is 0. The summed E-state index contributed by atoms with van der Waals surface area (Å²) in [5, 5.41) is 9.34. The van der Waals surface area contributed by atoms with Crippen molar-refractivity contribution in [3.8, 4) is 0 Å². The van der Waals surface area contributed by atoms with E-state index >= 15 is 0 Å². The monoisotopic (exact) mass is 422 g/mol. The molecule has 5 nitrogen and oxygen atoms in total. The minimum atomic E-state index is -0.188. The molecule has 1 amide bonds. The fourth-order valence-corrected chi connectivity index (χ4v) is 1.71. The molecule has 0 saturated carbocycles. The number of carbonyl (C=O) groups is 1. The maximum absolute atomic E-state index is 11.9. The molecule has 21 heavy (non-hydrogen) atoms.